The highest BCUT2D eigenvalue weighted by Crippen LogP contribution is 2.26. The van der Waals surface area contributed by atoms with Gasteiger partial charge in [-0.05, 0) is 19.3 Å². The molecule has 0 aromatic carbocycles. The largest absolute Gasteiger partial charge is 0.481 e. The molecule has 2 fully saturated rings. The van der Waals surface area contributed by atoms with Gasteiger partial charge < -0.3 is 15.3 Å². The van der Waals surface area contributed by atoms with Gasteiger partial charge in [0.2, 0.25) is 5.91 Å². The van der Waals surface area contributed by atoms with Gasteiger partial charge in [0.05, 0.1) is 5.92 Å². The van der Waals surface area contributed by atoms with E-state index < -0.39 is 17.3 Å². The molecule has 0 aromatic rings. The van der Waals surface area contributed by atoms with Gasteiger partial charge in [0.25, 0.3) is 0 Å². The van der Waals surface area contributed by atoms with E-state index in [0.717, 1.165) is 0 Å². The molecule has 0 bridgehead atoms. The van der Waals surface area contributed by atoms with Crippen LogP contribution in [0.25, 0.3) is 0 Å². The van der Waals surface area contributed by atoms with Gasteiger partial charge in [0.1, 0.15) is 0 Å². The van der Waals surface area contributed by atoms with Crippen molar-refractivity contribution in [3.63, 3.8) is 0 Å². The van der Waals surface area contributed by atoms with Crippen molar-refractivity contribution >= 4 is 11.9 Å². The smallest absolute Gasteiger partial charge is 0.308 e. The molecular formula is C14H24N2O3. The standard InChI is InChI=1S/C14H24N2O3/c1-14(2,3)13(19)16-7-9(12(17)18)6-11(8-16)15-10-4-5-10/h9-11,15H,4-8H2,1-3H3,(H,17,18). The lowest BCUT2D eigenvalue weighted by atomic mass is 9.89. The minimum Gasteiger partial charge on any atom is -0.481 e. The number of rotatable bonds is 3. The maximum Gasteiger partial charge on any atom is 0.308 e. The lowest BCUT2D eigenvalue weighted by Gasteiger charge is -2.39. The van der Waals surface area contributed by atoms with Crippen LogP contribution in [0.5, 0.6) is 0 Å². The van der Waals surface area contributed by atoms with Gasteiger partial charge in [-0.25, -0.2) is 0 Å². The predicted octanol–water partition coefficient (Wildman–Crippen LogP) is 1.09. The SMILES string of the molecule is CC(C)(C)C(=O)N1CC(NC2CC2)CC(C(=O)O)C1. The van der Waals surface area contributed by atoms with E-state index >= 15 is 0 Å². The second-order valence-corrected chi connectivity index (χ2v) is 6.87. The fourth-order valence-electron chi connectivity index (χ4n) is 2.62. The fraction of sp³-hybridized carbons (Fsp3) is 0.857. The van der Waals surface area contributed by atoms with Crippen molar-refractivity contribution in [2.45, 2.75) is 52.1 Å². The number of nitrogens with zero attached hydrogens (tertiary/aromatic N) is 1. The number of carbonyl (C=O) groups is 2. The van der Waals surface area contributed by atoms with E-state index in [2.05, 4.69) is 5.32 Å². The molecule has 1 amide bonds. The number of aliphatic carboxylic acids is 1. The number of carbonyl (C=O) groups excluding carboxylic acids is 1. The Morgan fingerprint density at radius 3 is 2.26 bits per heavy atom. The summed E-state index contributed by atoms with van der Waals surface area (Å²) >= 11 is 0. The van der Waals surface area contributed by atoms with Crippen molar-refractivity contribution in [2.75, 3.05) is 13.1 Å². The minimum atomic E-state index is -0.797. The third kappa shape index (κ3) is 3.69. The Labute approximate surface area is 114 Å². The predicted molar refractivity (Wildman–Crippen MR) is 71.7 cm³/mol. The molecule has 5 nitrogen and oxygen atoms in total. The van der Waals surface area contributed by atoms with E-state index in [-0.39, 0.29) is 11.9 Å². The third-order valence-corrected chi connectivity index (χ3v) is 3.78. The summed E-state index contributed by atoms with van der Waals surface area (Å²) in [4.78, 5) is 25.3. The van der Waals surface area contributed by atoms with Crippen LogP contribution < -0.4 is 5.32 Å². The van der Waals surface area contributed by atoms with Crippen LogP contribution >= 0.6 is 0 Å². The lowest BCUT2D eigenvalue weighted by Crippen LogP contribution is -2.55. The molecule has 108 valence electrons. The number of hydrogen-bond acceptors (Lipinski definition) is 3. The molecule has 0 radical (unpaired) electrons. The molecule has 2 rings (SSSR count). The maximum absolute atomic E-state index is 12.3. The van der Waals surface area contributed by atoms with Crippen molar-refractivity contribution in [1.82, 2.24) is 10.2 Å². The first-order valence-corrected chi connectivity index (χ1v) is 7.05. The molecule has 1 aliphatic heterocycles. The zero-order valence-corrected chi connectivity index (χ0v) is 12.0. The molecule has 5 heteroatoms. The molecule has 1 saturated carbocycles. The third-order valence-electron chi connectivity index (χ3n) is 3.78. The molecule has 1 aliphatic carbocycles. The Kier molecular flexibility index (Phi) is 3.85. The summed E-state index contributed by atoms with van der Waals surface area (Å²) in [6.45, 7) is 6.61. The van der Waals surface area contributed by atoms with Gasteiger partial charge in [0.15, 0.2) is 0 Å². The first-order chi connectivity index (χ1) is 8.77. The molecule has 0 aromatic heterocycles. The van der Waals surface area contributed by atoms with Crippen molar-refractivity contribution in [3.8, 4) is 0 Å². The Morgan fingerprint density at radius 1 is 1.16 bits per heavy atom. The summed E-state index contributed by atoms with van der Waals surface area (Å²) in [5.74, 6) is -1.20. The lowest BCUT2D eigenvalue weighted by molar-refractivity contribution is -0.149. The Hall–Kier alpha value is -1.10. The molecule has 2 atom stereocenters. The zero-order chi connectivity index (χ0) is 14.2. The van der Waals surface area contributed by atoms with Crippen molar-refractivity contribution in [1.29, 1.82) is 0 Å². The number of nitrogens with one attached hydrogen (secondary N) is 1. The van der Waals surface area contributed by atoms with Gasteiger partial charge >= 0.3 is 5.97 Å². The second kappa shape index (κ2) is 5.12. The quantitative estimate of drug-likeness (QED) is 0.804. The Bertz CT molecular complexity index is 371. The van der Waals surface area contributed by atoms with Crippen LogP contribution in [0.2, 0.25) is 0 Å². The highest BCUT2D eigenvalue weighted by molar-refractivity contribution is 5.82. The van der Waals surface area contributed by atoms with E-state index in [9.17, 15) is 14.7 Å². The molecule has 2 aliphatic rings. The highest BCUT2D eigenvalue weighted by Gasteiger charge is 2.38. The summed E-state index contributed by atoms with van der Waals surface area (Å²) in [7, 11) is 0. The van der Waals surface area contributed by atoms with Gasteiger partial charge in [-0.3, -0.25) is 9.59 Å². The molecule has 2 unspecified atom stereocenters. The zero-order valence-electron chi connectivity index (χ0n) is 12.0. The number of carboxylic acids is 1. The van der Waals surface area contributed by atoms with Gasteiger partial charge in [-0.1, -0.05) is 20.8 Å². The highest BCUT2D eigenvalue weighted by atomic mass is 16.4. The average molecular weight is 268 g/mol. The van der Waals surface area contributed by atoms with E-state index in [0.29, 0.717) is 25.6 Å². The number of hydrogen-bond donors (Lipinski definition) is 2. The number of likely N-dealkylation sites (tertiary alicyclic amines) is 1. The minimum absolute atomic E-state index is 0.0426. The summed E-state index contributed by atoms with van der Waals surface area (Å²) < 4.78 is 0. The first-order valence-electron chi connectivity index (χ1n) is 7.05. The van der Waals surface area contributed by atoms with Gasteiger partial charge in [-0.2, -0.15) is 0 Å². The molecule has 0 spiro atoms. The van der Waals surface area contributed by atoms with Crippen LogP contribution in [-0.2, 0) is 9.59 Å². The van der Waals surface area contributed by atoms with E-state index in [4.69, 9.17) is 0 Å². The van der Waals surface area contributed by atoms with Crippen LogP contribution in [0.1, 0.15) is 40.0 Å². The molecule has 2 N–H and O–H groups in total. The fourth-order valence-corrected chi connectivity index (χ4v) is 2.62. The summed E-state index contributed by atoms with van der Waals surface area (Å²) in [6, 6.07) is 0.651. The van der Waals surface area contributed by atoms with Crippen LogP contribution in [0.15, 0.2) is 0 Å². The van der Waals surface area contributed by atoms with Gasteiger partial charge in [-0.15, -0.1) is 0 Å². The molecule has 19 heavy (non-hydrogen) atoms. The Morgan fingerprint density at radius 2 is 1.79 bits per heavy atom. The van der Waals surface area contributed by atoms with Crippen LogP contribution in [-0.4, -0.2) is 47.1 Å². The second-order valence-electron chi connectivity index (χ2n) is 6.87. The normalized spacial score (nSPS) is 28.3. The van der Waals surface area contributed by atoms with E-state index in [1.165, 1.54) is 12.8 Å². The molecule has 1 saturated heterocycles. The Balaban J connectivity index is 2.04. The summed E-state index contributed by atoms with van der Waals surface area (Å²) in [5, 5.41) is 12.7. The van der Waals surface area contributed by atoms with Crippen molar-refractivity contribution in [2.24, 2.45) is 11.3 Å². The maximum atomic E-state index is 12.3. The van der Waals surface area contributed by atoms with E-state index in [1.54, 1.807) is 4.90 Å². The van der Waals surface area contributed by atoms with Crippen LogP contribution in [0.4, 0.5) is 0 Å². The van der Waals surface area contributed by atoms with Crippen molar-refractivity contribution < 1.29 is 14.7 Å². The van der Waals surface area contributed by atoms with Crippen LogP contribution in [0.3, 0.4) is 0 Å². The van der Waals surface area contributed by atoms with Gasteiger partial charge in [0, 0.05) is 30.6 Å². The average Bonchev–Trinajstić information content (AvgIpc) is 3.10. The molecular weight excluding hydrogens is 244 g/mol. The topological polar surface area (TPSA) is 69.6 Å². The van der Waals surface area contributed by atoms with E-state index in [1.807, 2.05) is 20.8 Å². The first kappa shape index (κ1) is 14.3. The monoisotopic (exact) mass is 268 g/mol. The summed E-state index contributed by atoms with van der Waals surface area (Å²) in [5.41, 5.74) is -0.454. The van der Waals surface area contributed by atoms with Crippen LogP contribution in [0, 0.1) is 11.3 Å². The summed E-state index contributed by atoms with van der Waals surface area (Å²) in [6.07, 6.45) is 2.96. The van der Waals surface area contributed by atoms with Crippen molar-refractivity contribution in [3.05, 3.63) is 0 Å². The number of piperidine rings is 1. The number of carboxylic acid groups (broad SMARTS) is 1. The molecule has 1 heterocycles. The number of amides is 1.